The predicted molar refractivity (Wildman–Crippen MR) is 70.4 cm³/mol. The number of carboxylic acids is 1. The highest BCUT2D eigenvalue weighted by atomic mass is 35.5. The van der Waals surface area contributed by atoms with Crippen LogP contribution in [0.2, 0.25) is 5.02 Å². The van der Waals surface area contributed by atoms with Crippen LogP contribution in [0.25, 0.3) is 0 Å². The van der Waals surface area contributed by atoms with Gasteiger partial charge in [0, 0.05) is 22.6 Å². The van der Waals surface area contributed by atoms with Gasteiger partial charge in [0.25, 0.3) is 0 Å². The standard InChI is InChI=1S/C14H14ClNO3/c15-9-4-3-5-10(8-9)16-13(17)11-6-1-2-7-12(11)14(18)19/h1-5,8,11-12H,6-7H2,(H,16,17)(H,18,19)/p-1/t11-,12-/m0/s1. The highest BCUT2D eigenvalue weighted by Gasteiger charge is 2.29. The van der Waals surface area contributed by atoms with Crippen molar-refractivity contribution < 1.29 is 14.7 Å². The fraction of sp³-hybridized carbons (Fsp3) is 0.286. The minimum Gasteiger partial charge on any atom is -0.550 e. The first-order valence-corrected chi connectivity index (χ1v) is 6.38. The van der Waals surface area contributed by atoms with E-state index in [1.54, 1.807) is 30.3 Å². The van der Waals surface area contributed by atoms with Gasteiger partial charge in [0.2, 0.25) is 5.91 Å². The molecule has 2 rings (SSSR count). The molecule has 0 fully saturated rings. The molecule has 5 heteroatoms. The Balaban J connectivity index is 2.10. The zero-order valence-corrected chi connectivity index (χ0v) is 10.9. The van der Waals surface area contributed by atoms with E-state index < -0.39 is 17.8 Å². The van der Waals surface area contributed by atoms with Crippen LogP contribution in [0.5, 0.6) is 0 Å². The highest BCUT2D eigenvalue weighted by Crippen LogP contribution is 2.27. The van der Waals surface area contributed by atoms with Gasteiger partial charge in [0.15, 0.2) is 0 Å². The van der Waals surface area contributed by atoms with Crippen molar-refractivity contribution >= 4 is 29.2 Å². The average molecular weight is 279 g/mol. The molecule has 1 aromatic rings. The van der Waals surface area contributed by atoms with Crippen molar-refractivity contribution in [2.75, 3.05) is 5.32 Å². The second kappa shape index (κ2) is 5.89. The Morgan fingerprint density at radius 1 is 1.21 bits per heavy atom. The molecule has 0 heterocycles. The fourth-order valence-electron chi connectivity index (χ4n) is 2.17. The van der Waals surface area contributed by atoms with Gasteiger partial charge in [-0.25, -0.2) is 0 Å². The third kappa shape index (κ3) is 3.35. The molecular weight excluding hydrogens is 266 g/mol. The molecule has 100 valence electrons. The molecule has 4 nitrogen and oxygen atoms in total. The summed E-state index contributed by atoms with van der Waals surface area (Å²) in [5.41, 5.74) is 0.559. The molecule has 0 saturated carbocycles. The molecule has 0 bridgehead atoms. The van der Waals surface area contributed by atoms with E-state index in [9.17, 15) is 14.7 Å². The van der Waals surface area contributed by atoms with Crippen molar-refractivity contribution in [1.29, 1.82) is 0 Å². The lowest BCUT2D eigenvalue weighted by Crippen LogP contribution is -2.41. The van der Waals surface area contributed by atoms with Gasteiger partial charge in [-0.05, 0) is 31.0 Å². The van der Waals surface area contributed by atoms with Crippen molar-refractivity contribution in [3.8, 4) is 0 Å². The van der Waals surface area contributed by atoms with Gasteiger partial charge in [0.05, 0.1) is 5.92 Å². The molecule has 0 aromatic heterocycles. The first-order valence-electron chi connectivity index (χ1n) is 6.00. The van der Waals surface area contributed by atoms with Gasteiger partial charge in [-0.1, -0.05) is 29.8 Å². The highest BCUT2D eigenvalue weighted by molar-refractivity contribution is 6.30. The Bertz CT molecular complexity index is 527. The largest absolute Gasteiger partial charge is 0.550 e. The second-order valence-electron chi connectivity index (χ2n) is 4.47. The lowest BCUT2D eigenvalue weighted by atomic mass is 9.82. The summed E-state index contributed by atoms with van der Waals surface area (Å²) in [5, 5.41) is 14.2. The maximum absolute atomic E-state index is 12.1. The number of amides is 1. The van der Waals surface area contributed by atoms with E-state index in [-0.39, 0.29) is 5.91 Å². The van der Waals surface area contributed by atoms with E-state index in [4.69, 9.17) is 11.6 Å². The van der Waals surface area contributed by atoms with Crippen LogP contribution >= 0.6 is 11.6 Å². The van der Waals surface area contributed by atoms with E-state index in [2.05, 4.69) is 5.32 Å². The minimum atomic E-state index is -1.18. The number of hydrogen-bond acceptors (Lipinski definition) is 3. The van der Waals surface area contributed by atoms with Gasteiger partial charge >= 0.3 is 0 Å². The summed E-state index contributed by atoms with van der Waals surface area (Å²) in [6, 6.07) is 6.74. The van der Waals surface area contributed by atoms with Crippen LogP contribution in [0.4, 0.5) is 5.69 Å². The number of rotatable bonds is 3. The number of benzene rings is 1. The van der Waals surface area contributed by atoms with E-state index in [0.29, 0.717) is 23.6 Å². The van der Waals surface area contributed by atoms with Gasteiger partial charge in [-0.2, -0.15) is 0 Å². The first-order chi connectivity index (χ1) is 9.08. The molecular formula is C14H13ClNO3-. The number of halogens is 1. The Morgan fingerprint density at radius 2 is 1.89 bits per heavy atom. The molecule has 0 aliphatic heterocycles. The molecule has 0 radical (unpaired) electrons. The Morgan fingerprint density at radius 3 is 2.53 bits per heavy atom. The van der Waals surface area contributed by atoms with Crippen LogP contribution in [-0.4, -0.2) is 11.9 Å². The van der Waals surface area contributed by atoms with Gasteiger partial charge in [0.1, 0.15) is 0 Å². The van der Waals surface area contributed by atoms with Crippen LogP contribution in [0, 0.1) is 11.8 Å². The van der Waals surface area contributed by atoms with Gasteiger partial charge in [-0.3, -0.25) is 4.79 Å². The number of allylic oxidation sites excluding steroid dienone is 2. The molecule has 0 saturated heterocycles. The zero-order valence-electron chi connectivity index (χ0n) is 10.1. The van der Waals surface area contributed by atoms with Crippen LogP contribution in [0.1, 0.15) is 12.8 Å². The molecule has 1 aliphatic rings. The number of carboxylic acid groups (broad SMARTS) is 1. The number of hydrogen-bond donors (Lipinski definition) is 1. The summed E-state index contributed by atoms with van der Waals surface area (Å²) in [5.74, 6) is -2.88. The maximum Gasteiger partial charge on any atom is 0.228 e. The van der Waals surface area contributed by atoms with Crippen LogP contribution in [0.3, 0.4) is 0 Å². The summed E-state index contributed by atoms with van der Waals surface area (Å²) >= 11 is 5.83. The van der Waals surface area contributed by atoms with E-state index >= 15 is 0 Å². The Kier molecular flexibility index (Phi) is 4.22. The Labute approximate surface area is 116 Å². The van der Waals surface area contributed by atoms with Gasteiger partial charge in [-0.15, -0.1) is 0 Å². The maximum atomic E-state index is 12.1. The summed E-state index contributed by atoms with van der Waals surface area (Å²) in [7, 11) is 0. The Hall–Kier alpha value is -1.81. The molecule has 1 amide bonds. The lowest BCUT2D eigenvalue weighted by Gasteiger charge is -2.28. The molecule has 1 aliphatic carbocycles. The van der Waals surface area contributed by atoms with Crippen molar-refractivity contribution in [2.45, 2.75) is 12.8 Å². The van der Waals surface area contributed by atoms with Crippen molar-refractivity contribution in [3.05, 3.63) is 41.4 Å². The molecule has 0 unspecified atom stereocenters. The first kappa shape index (κ1) is 13.6. The lowest BCUT2D eigenvalue weighted by molar-refractivity contribution is -0.313. The number of aliphatic carboxylic acids is 1. The quantitative estimate of drug-likeness (QED) is 0.854. The van der Waals surface area contributed by atoms with E-state index in [1.807, 2.05) is 6.08 Å². The zero-order chi connectivity index (χ0) is 13.8. The number of carbonyl (C=O) groups excluding carboxylic acids is 2. The summed E-state index contributed by atoms with van der Waals surface area (Å²) < 4.78 is 0. The third-order valence-electron chi connectivity index (χ3n) is 3.16. The summed E-state index contributed by atoms with van der Waals surface area (Å²) in [6.07, 6.45) is 4.33. The van der Waals surface area contributed by atoms with Crippen molar-refractivity contribution in [2.24, 2.45) is 11.8 Å². The monoisotopic (exact) mass is 278 g/mol. The van der Waals surface area contributed by atoms with Crippen molar-refractivity contribution in [1.82, 2.24) is 0 Å². The number of nitrogens with one attached hydrogen (secondary N) is 1. The van der Waals surface area contributed by atoms with E-state index in [1.165, 1.54) is 0 Å². The normalized spacial score (nSPS) is 21.9. The summed E-state index contributed by atoms with van der Waals surface area (Å²) in [6.45, 7) is 0. The van der Waals surface area contributed by atoms with Gasteiger partial charge < -0.3 is 15.2 Å². The molecule has 0 spiro atoms. The summed E-state index contributed by atoms with van der Waals surface area (Å²) in [4.78, 5) is 23.1. The molecule has 1 N–H and O–H groups in total. The average Bonchev–Trinajstić information content (AvgIpc) is 2.38. The SMILES string of the molecule is O=C([O-])[C@H]1CC=CC[C@@H]1C(=O)Nc1cccc(Cl)c1. The molecule has 19 heavy (non-hydrogen) atoms. The van der Waals surface area contributed by atoms with Crippen LogP contribution < -0.4 is 10.4 Å². The molecule has 2 atom stereocenters. The number of anilines is 1. The molecule has 1 aromatic carbocycles. The number of carbonyl (C=O) groups is 2. The van der Waals surface area contributed by atoms with Crippen molar-refractivity contribution in [3.63, 3.8) is 0 Å². The van der Waals surface area contributed by atoms with Crippen LogP contribution in [-0.2, 0) is 9.59 Å². The third-order valence-corrected chi connectivity index (χ3v) is 3.40. The topological polar surface area (TPSA) is 69.2 Å². The smallest absolute Gasteiger partial charge is 0.228 e. The minimum absolute atomic E-state index is 0.319. The predicted octanol–water partition coefficient (Wildman–Crippen LogP) is 1.61. The second-order valence-corrected chi connectivity index (χ2v) is 4.91. The van der Waals surface area contributed by atoms with E-state index in [0.717, 1.165) is 0 Å². The van der Waals surface area contributed by atoms with Crippen LogP contribution in [0.15, 0.2) is 36.4 Å². The fourth-order valence-corrected chi connectivity index (χ4v) is 2.36.